The van der Waals surface area contributed by atoms with Crippen molar-refractivity contribution in [2.45, 2.75) is 32.8 Å². The van der Waals surface area contributed by atoms with Crippen molar-refractivity contribution in [3.05, 3.63) is 17.5 Å². The molecule has 78 valence electrons. The van der Waals surface area contributed by atoms with Gasteiger partial charge in [0.25, 0.3) is 0 Å². The number of aromatic amines is 1. The molecular formula is C11H18N2O. The molecule has 1 aliphatic heterocycles. The largest absolute Gasteiger partial charge is 0.487 e. The number of aromatic nitrogens is 1. The van der Waals surface area contributed by atoms with Crippen molar-refractivity contribution in [2.75, 3.05) is 13.1 Å². The Morgan fingerprint density at radius 1 is 1.43 bits per heavy atom. The molecule has 2 N–H and O–H groups in total. The van der Waals surface area contributed by atoms with Gasteiger partial charge >= 0.3 is 0 Å². The summed E-state index contributed by atoms with van der Waals surface area (Å²) in [5.74, 6) is 1.04. The molecule has 1 aromatic rings. The van der Waals surface area contributed by atoms with E-state index >= 15 is 0 Å². The smallest absolute Gasteiger partial charge is 0.143 e. The molecule has 0 amide bonds. The van der Waals surface area contributed by atoms with Gasteiger partial charge in [0.2, 0.25) is 0 Å². The standard InChI is InChI=1S/C11H18N2O/c1-8-6-13-9(2)11(8)14-10-4-3-5-12-7-10/h6,10,12-13H,3-5,7H2,1-2H3. The highest BCUT2D eigenvalue weighted by atomic mass is 16.5. The van der Waals surface area contributed by atoms with E-state index in [2.05, 4.69) is 24.1 Å². The molecule has 0 aliphatic carbocycles. The van der Waals surface area contributed by atoms with Gasteiger partial charge in [-0.05, 0) is 33.2 Å². The van der Waals surface area contributed by atoms with E-state index < -0.39 is 0 Å². The van der Waals surface area contributed by atoms with Gasteiger partial charge in [0.15, 0.2) is 0 Å². The highest BCUT2D eigenvalue weighted by molar-refractivity contribution is 5.36. The first-order valence-electron chi connectivity index (χ1n) is 5.29. The van der Waals surface area contributed by atoms with Gasteiger partial charge in [-0.1, -0.05) is 0 Å². The lowest BCUT2D eigenvalue weighted by Gasteiger charge is -2.24. The molecule has 0 saturated carbocycles. The minimum absolute atomic E-state index is 0.344. The highest BCUT2D eigenvalue weighted by Gasteiger charge is 2.16. The summed E-state index contributed by atoms with van der Waals surface area (Å²) in [6.07, 6.45) is 4.72. The average Bonchev–Trinajstić information content (AvgIpc) is 2.51. The first-order valence-corrected chi connectivity index (χ1v) is 5.29. The second-order valence-electron chi connectivity index (χ2n) is 4.01. The Morgan fingerprint density at radius 2 is 2.29 bits per heavy atom. The first-order chi connectivity index (χ1) is 6.77. The van der Waals surface area contributed by atoms with Crippen LogP contribution in [0.5, 0.6) is 5.75 Å². The Labute approximate surface area is 84.9 Å². The normalized spacial score (nSPS) is 22.3. The molecule has 3 nitrogen and oxygen atoms in total. The van der Waals surface area contributed by atoms with Crippen molar-refractivity contribution >= 4 is 0 Å². The van der Waals surface area contributed by atoms with Crippen LogP contribution < -0.4 is 10.1 Å². The van der Waals surface area contributed by atoms with Crippen molar-refractivity contribution in [2.24, 2.45) is 0 Å². The Balaban J connectivity index is 2.02. The molecule has 3 heteroatoms. The number of hydrogen-bond donors (Lipinski definition) is 2. The molecule has 2 heterocycles. The van der Waals surface area contributed by atoms with Crippen LogP contribution in [0.25, 0.3) is 0 Å². The second kappa shape index (κ2) is 4.05. The fourth-order valence-electron chi connectivity index (χ4n) is 1.91. The molecule has 1 atom stereocenters. The third kappa shape index (κ3) is 1.93. The number of ether oxygens (including phenoxy) is 1. The van der Waals surface area contributed by atoms with Gasteiger partial charge in [-0.25, -0.2) is 0 Å². The van der Waals surface area contributed by atoms with Crippen molar-refractivity contribution in [1.82, 2.24) is 10.3 Å². The topological polar surface area (TPSA) is 37.0 Å². The lowest BCUT2D eigenvalue weighted by molar-refractivity contribution is 0.165. The Hall–Kier alpha value is -0.960. The Bertz CT molecular complexity index is 281. The Kier molecular flexibility index (Phi) is 2.77. The van der Waals surface area contributed by atoms with Crippen LogP contribution in [-0.2, 0) is 0 Å². The third-order valence-electron chi connectivity index (χ3n) is 2.74. The molecular weight excluding hydrogens is 176 g/mol. The summed E-state index contributed by atoms with van der Waals surface area (Å²) < 4.78 is 5.96. The maximum Gasteiger partial charge on any atom is 0.143 e. The summed E-state index contributed by atoms with van der Waals surface area (Å²) in [6, 6.07) is 0. The lowest BCUT2D eigenvalue weighted by Crippen LogP contribution is -2.37. The quantitative estimate of drug-likeness (QED) is 0.752. The first kappa shape index (κ1) is 9.59. The summed E-state index contributed by atoms with van der Waals surface area (Å²) >= 11 is 0. The number of hydrogen-bond acceptors (Lipinski definition) is 2. The van der Waals surface area contributed by atoms with E-state index in [4.69, 9.17) is 4.74 Å². The van der Waals surface area contributed by atoms with Crippen molar-refractivity contribution in [3.8, 4) is 5.75 Å². The van der Waals surface area contributed by atoms with Crippen LogP contribution in [0, 0.1) is 13.8 Å². The molecule has 1 unspecified atom stereocenters. The average molecular weight is 194 g/mol. The minimum atomic E-state index is 0.344. The molecule has 14 heavy (non-hydrogen) atoms. The van der Waals surface area contributed by atoms with Gasteiger partial charge in [0.1, 0.15) is 11.9 Å². The summed E-state index contributed by atoms with van der Waals surface area (Å²) in [4.78, 5) is 3.18. The lowest BCUT2D eigenvalue weighted by atomic mass is 10.1. The van der Waals surface area contributed by atoms with E-state index in [9.17, 15) is 0 Å². The zero-order chi connectivity index (χ0) is 9.97. The predicted octanol–water partition coefficient (Wildman–Crippen LogP) is 1.76. The Morgan fingerprint density at radius 3 is 2.86 bits per heavy atom. The summed E-state index contributed by atoms with van der Waals surface area (Å²) in [5.41, 5.74) is 2.33. The molecule has 0 bridgehead atoms. The molecule has 0 aromatic carbocycles. The van der Waals surface area contributed by atoms with Crippen LogP contribution >= 0.6 is 0 Å². The molecule has 1 saturated heterocycles. The molecule has 2 rings (SSSR count). The fourth-order valence-corrected chi connectivity index (χ4v) is 1.91. The maximum atomic E-state index is 5.96. The van der Waals surface area contributed by atoms with Gasteiger partial charge < -0.3 is 15.0 Å². The highest BCUT2D eigenvalue weighted by Crippen LogP contribution is 2.24. The van der Waals surface area contributed by atoms with Crippen LogP contribution in [0.4, 0.5) is 0 Å². The summed E-state index contributed by atoms with van der Waals surface area (Å²) in [6.45, 7) is 6.24. The molecule has 1 fully saturated rings. The van der Waals surface area contributed by atoms with E-state index in [1.165, 1.54) is 12.0 Å². The van der Waals surface area contributed by atoms with Gasteiger partial charge in [-0.3, -0.25) is 0 Å². The van der Waals surface area contributed by atoms with Crippen LogP contribution in [-0.4, -0.2) is 24.2 Å². The van der Waals surface area contributed by atoms with Crippen LogP contribution in [0.15, 0.2) is 6.20 Å². The maximum absolute atomic E-state index is 5.96. The van der Waals surface area contributed by atoms with Gasteiger partial charge in [-0.2, -0.15) is 0 Å². The van der Waals surface area contributed by atoms with Crippen molar-refractivity contribution in [3.63, 3.8) is 0 Å². The number of nitrogens with one attached hydrogen (secondary N) is 2. The van der Waals surface area contributed by atoms with Crippen LogP contribution in [0.3, 0.4) is 0 Å². The van der Waals surface area contributed by atoms with E-state index in [1.54, 1.807) is 0 Å². The van der Waals surface area contributed by atoms with Crippen LogP contribution in [0.1, 0.15) is 24.1 Å². The zero-order valence-corrected chi connectivity index (χ0v) is 8.89. The molecule has 1 aliphatic rings. The molecule has 1 aromatic heterocycles. The van der Waals surface area contributed by atoms with E-state index in [0.29, 0.717) is 6.10 Å². The minimum Gasteiger partial charge on any atom is -0.487 e. The van der Waals surface area contributed by atoms with Gasteiger partial charge in [0.05, 0.1) is 5.69 Å². The molecule has 0 radical (unpaired) electrons. The number of piperidine rings is 1. The number of H-pyrrole nitrogens is 1. The number of rotatable bonds is 2. The van der Waals surface area contributed by atoms with E-state index in [1.807, 2.05) is 6.20 Å². The predicted molar refractivity (Wildman–Crippen MR) is 56.8 cm³/mol. The fraction of sp³-hybridized carbons (Fsp3) is 0.636. The third-order valence-corrected chi connectivity index (χ3v) is 2.74. The monoisotopic (exact) mass is 194 g/mol. The SMILES string of the molecule is Cc1c[nH]c(C)c1OC1CCCNC1. The second-order valence-corrected chi connectivity index (χ2v) is 4.01. The van der Waals surface area contributed by atoms with E-state index in [-0.39, 0.29) is 0 Å². The van der Waals surface area contributed by atoms with Crippen molar-refractivity contribution < 1.29 is 4.74 Å². The van der Waals surface area contributed by atoms with Gasteiger partial charge in [0, 0.05) is 18.3 Å². The van der Waals surface area contributed by atoms with Crippen LogP contribution in [0.2, 0.25) is 0 Å². The van der Waals surface area contributed by atoms with Crippen molar-refractivity contribution in [1.29, 1.82) is 0 Å². The number of aryl methyl sites for hydroxylation is 2. The molecule has 0 spiro atoms. The van der Waals surface area contributed by atoms with Gasteiger partial charge in [-0.15, -0.1) is 0 Å². The summed E-state index contributed by atoms with van der Waals surface area (Å²) in [5, 5.41) is 3.35. The summed E-state index contributed by atoms with van der Waals surface area (Å²) in [7, 11) is 0. The zero-order valence-electron chi connectivity index (χ0n) is 8.89. The van der Waals surface area contributed by atoms with E-state index in [0.717, 1.165) is 31.0 Å².